The average Bonchev–Trinajstić information content (AvgIpc) is 2.47. The number of carbonyl (C=O) groups is 2. The highest BCUT2D eigenvalue weighted by Crippen LogP contribution is 2.24. The Hall–Kier alpha value is -2.44. The van der Waals surface area contributed by atoms with E-state index in [2.05, 4.69) is 10.6 Å². The predicted molar refractivity (Wildman–Crippen MR) is 79.5 cm³/mol. The number of aldehydes is 1. The Labute approximate surface area is 122 Å². The minimum absolute atomic E-state index is 0.107. The van der Waals surface area contributed by atoms with E-state index in [9.17, 15) is 19.7 Å². The lowest BCUT2D eigenvalue weighted by Crippen LogP contribution is -2.32. The number of carbonyl (C=O) groups excluding carboxylic acids is 2. The molecule has 1 aromatic carbocycles. The van der Waals surface area contributed by atoms with E-state index in [1.165, 1.54) is 18.2 Å². The summed E-state index contributed by atoms with van der Waals surface area (Å²) in [5.41, 5.74) is 0.352. The molecule has 0 aromatic heterocycles. The highest BCUT2D eigenvalue weighted by atomic mass is 16.6. The molecule has 1 rings (SSSR count). The first-order chi connectivity index (χ1) is 9.97. The Morgan fingerprint density at radius 1 is 1.48 bits per heavy atom. The fraction of sp³-hybridized carbons (Fsp3) is 0.429. The van der Waals surface area contributed by atoms with E-state index in [-0.39, 0.29) is 36.2 Å². The number of hydrogen-bond donors (Lipinski definition) is 2. The molecule has 0 bridgehead atoms. The maximum absolute atomic E-state index is 11.6. The van der Waals surface area contributed by atoms with E-state index in [0.717, 1.165) is 6.42 Å². The Morgan fingerprint density at radius 2 is 2.19 bits per heavy atom. The lowest BCUT2D eigenvalue weighted by molar-refractivity contribution is -0.384. The molecule has 7 nitrogen and oxygen atoms in total. The molecule has 0 aliphatic carbocycles. The molecular formula is C14H19N3O4. The van der Waals surface area contributed by atoms with Crippen LogP contribution >= 0.6 is 0 Å². The molecule has 1 aromatic rings. The topological polar surface area (TPSA) is 101 Å². The van der Waals surface area contributed by atoms with Crippen molar-refractivity contribution in [2.75, 3.05) is 11.9 Å². The number of nitro benzene ring substituents is 1. The van der Waals surface area contributed by atoms with Crippen LogP contribution in [0.2, 0.25) is 0 Å². The smallest absolute Gasteiger partial charge is 0.293 e. The zero-order valence-electron chi connectivity index (χ0n) is 12.1. The zero-order valence-corrected chi connectivity index (χ0v) is 12.1. The maximum Gasteiger partial charge on any atom is 0.293 e. The van der Waals surface area contributed by atoms with Crippen molar-refractivity contribution in [2.24, 2.45) is 0 Å². The third-order valence-electron chi connectivity index (χ3n) is 3.04. The number of nitro groups is 1. The van der Waals surface area contributed by atoms with Gasteiger partial charge in [0.25, 0.3) is 5.69 Å². The van der Waals surface area contributed by atoms with Crippen LogP contribution in [0, 0.1) is 10.1 Å². The lowest BCUT2D eigenvalue weighted by Gasteiger charge is -2.12. The number of anilines is 1. The number of hydrogen-bond acceptors (Lipinski definition) is 5. The normalized spacial score (nSPS) is 11.5. The molecule has 1 unspecified atom stereocenters. The summed E-state index contributed by atoms with van der Waals surface area (Å²) in [5, 5.41) is 16.6. The van der Waals surface area contributed by atoms with Crippen LogP contribution in [0.4, 0.5) is 11.4 Å². The lowest BCUT2D eigenvalue weighted by atomic mass is 10.2. The molecular weight excluding hydrogens is 274 g/mol. The summed E-state index contributed by atoms with van der Waals surface area (Å²) in [4.78, 5) is 32.6. The second kappa shape index (κ2) is 7.98. The van der Waals surface area contributed by atoms with Crippen molar-refractivity contribution in [1.82, 2.24) is 5.32 Å². The standard InChI is InChI=1S/C14H19N3O4/c1-3-10(2)16-14(19)6-7-15-12-5-4-11(9-18)8-13(12)17(20)21/h4-5,8-10,15H,3,6-7H2,1-2H3,(H,16,19). The average molecular weight is 293 g/mol. The summed E-state index contributed by atoms with van der Waals surface area (Å²) in [6.07, 6.45) is 1.62. The van der Waals surface area contributed by atoms with Crippen LogP contribution in [0.15, 0.2) is 18.2 Å². The van der Waals surface area contributed by atoms with Crippen LogP contribution in [-0.4, -0.2) is 29.7 Å². The van der Waals surface area contributed by atoms with Gasteiger partial charge in [0.2, 0.25) is 5.91 Å². The molecule has 0 fully saturated rings. The summed E-state index contributed by atoms with van der Waals surface area (Å²) in [6.45, 7) is 4.17. The quantitative estimate of drug-likeness (QED) is 0.434. The van der Waals surface area contributed by atoms with E-state index < -0.39 is 4.92 Å². The van der Waals surface area contributed by atoms with E-state index >= 15 is 0 Å². The van der Waals surface area contributed by atoms with Gasteiger partial charge in [-0.05, 0) is 25.5 Å². The van der Waals surface area contributed by atoms with Gasteiger partial charge in [-0.1, -0.05) is 6.92 Å². The highest BCUT2D eigenvalue weighted by Gasteiger charge is 2.14. The SMILES string of the molecule is CCC(C)NC(=O)CCNc1ccc(C=O)cc1[N+](=O)[O-]. The Balaban J connectivity index is 2.61. The zero-order chi connectivity index (χ0) is 15.8. The Bertz CT molecular complexity index is 531. The number of rotatable bonds is 8. The monoisotopic (exact) mass is 293 g/mol. The Morgan fingerprint density at radius 3 is 2.76 bits per heavy atom. The molecule has 7 heteroatoms. The van der Waals surface area contributed by atoms with Crippen molar-refractivity contribution in [3.05, 3.63) is 33.9 Å². The van der Waals surface area contributed by atoms with Gasteiger partial charge in [-0.2, -0.15) is 0 Å². The summed E-state index contributed by atoms with van der Waals surface area (Å²) >= 11 is 0. The van der Waals surface area contributed by atoms with E-state index in [1.807, 2.05) is 13.8 Å². The van der Waals surface area contributed by atoms with Crippen LogP contribution in [0.5, 0.6) is 0 Å². The fourth-order valence-electron chi connectivity index (χ4n) is 1.68. The number of amides is 1. The van der Waals surface area contributed by atoms with Crippen LogP contribution in [0.25, 0.3) is 0 Å². The molecule has 1 atom stereocenters. The van der Waals surface area contributed by atoms with Gasteiger partial charge in [0.05, 0.1) is 4.92 Å². The minimum Gasteiger partial charge on any atom is -0.379 e. The fourth-order valence-corrected chi connectivity index (χ4v) is 1.68. The van der Waals surface area contributed by atoms with Crippen LogP contribution in [-0.2, 0) is 4.79 Å². The number of nitrogens with one attached hydrogen (secondary N) is 2. The first-order valence-corrected chi connectivity index (χ1v) is 6.74. The van der Waals surface area contributed by atoms with Crippen molar-refractivity contribution in [3.63, 3.8) is 0 Å². The molecule has 0 aliphatic heterocycles. The third kappa shape index (κ3) is 5.21. The first kappa shape index (κ1) is 16.6. The van der Waals surface area contributed by atoms with Crippen LogP contribution < -0.4 is 10.6 Å². The summed E-state index contributed by atoms with van der Waals surface area (Å²) in [5.74, 6) is -0.107. The van der Waals surface area contributed by atoms with Gasteiger partial charge in [0.15, 0.2) is 0 Å². The molecule has 0 spiro atoms. The maximum atomic E-state index is 11.6. The molecule has 0 heterocycles. The van der Waals surface area contributed by atoms with Crippen molar-refractivity contribution >= 4 is 23.6 Å². The molecule has 0 aliphatic rings. The van der Waals surface area contributed by atoms with E-state index in [0.29, 0.717) is 12.0 Å². The largest absolute Gasteiger partial charge is 0.379 e. The van der Waals surface area contributed by atoms with Crippen molar-refractivity contribution in [3.8, 4) is 0 Å². The predicted octanol–water partition coefficient (Wildman–Crippen LogP) is 2.12. The molecule has 21 heavy (non-hydrogen) atoms. The van der Waals surface area contributed by atoms with Crippen LogP contribution in [0.1, 0.15) is 37.0 Å². The second-order valence-corrected chi connectivity index (χ2v) is 4.71. The van der Waals surface area contributed by atoms with Gasteiger partial charge < -0.3 is 10.6 Å². The summed E-state index contributed by atoms with van der Waals surface area (Å²) < 4.78 is 0. The van der Waals surface area contributed by atoms with Gasteiger partial charge in [0.1, 0.15) is 12.0 Å². The van der Waals surface area contributed by atoms with Gasteiger partial charge in [-0.15, -0.1) is 0 Å². The van der Waals surface area contributed by atoms with Crippen molar-refractivity contribution in [1.29, 1.82) is 0 Å². The summed E-state index contributed by atoms with van der Waals surface area (Å²) in [6, 6.07) is 4.27. The summed E-state index contributed by atoms with van der Waals surface area (Å²) in [7, 11) is 0. The van der Waals surface area contributed by atoms with Crippen molar-refractivity contribution < 1.29 is 14.5 Å². The van der Waals surface area contributed by atoms with Gasteiger partial charge >= 0.3 is 0 Å². The highest BCUT2D eigenvalue weighted by molar-refractivity contribution is 5.80. The van der Waals surface area contributed by atoms with Gasteiger partial charge in [0, 0.05) is 30.6 Å². The first-order valence-electron chi connectivity index (χ1n) is 6.74. The molecule has 2 N–H and O–H groups in total. The second-order valence-electron chi connectivity index (χ2n) is 4.71. The molecule has 114 valence electrons. The minimum atomic E-state index is -0.561. The number of benzene rings is 1. The molecule has 0 saturated heterocycles. The van der Waals surface area contributed by atoms with Gasteiger partial charge in [-0.25, -0.2) is 0 Å². The van der Waals surface area contributed by atoms with E-state index in [1.54, 1.807) is 0 Å². The number of nitrogens with zero attached hydrogens (tertiary/aromatic N) is 1. The molecule has 0 radical (unpaired) electrons. The van der Waals surface area contributed by atoms with Crippen molar-refractivity contribution in [2.45, 2.75) is 32.7 Å². The van der Waals surface area contributed by atoms with E-state index in [4.69, 9.17) is 0 Å². The van der Waals surface area contributed by atoms with Gasteiger partial charge in [-0.3, -0.25) is 19.7 Å². The Kier molecular flexibility index (Phi) is 6.32. The van der Waals surface area contributed by atoms with Crippen LogP contribution in [0.3, 0.4) is 0 Å². The molecule has 0 saturated carbocycles. The third-order valence-corrected chi connectivity index (χ3v) is 3.04. The molecule has 1 amide bonds.